The molecule has 0 bridgehead atoms. The maximum Gasteiger partial charge on any atom is 0.241 e. The summed E-state index contributed by atoms with van der Waals surface area (Å²) in [6, 6.07) is 4.77. The Kier molecular flexibility index (Phi) is 3.12. The predicted octanol–water partition coefficient (Wildman–Crippen LogP) is 0.827. The molecular weight excluding hydrogens is 218 g/mol. The van der Waals surface area contributed by atoms with E-state index in [4.69, 9.17) is 10.9 Å². The second-order valence-electron chi connectivity index (χ2n) is 4.04. The monoisotopic (exact) mass is 233 g/mol. The van der Waals surface area contributed by atoms with Gasteiger partial charge in [-0.25, -0.2) is 0 Å². The number of amides is 1. The third kappa shape index (κ3) is 2.02. The number of rotatable bonds is 3. The Morgan fingerprint density at radius 1 is 1.59 bits per heavy atom. The number of hydrogen-bond acceptors (Lipinski definition) is 4. The Labute approximate surface area is 99.3 Å². The number of hydroxylamine groups is 1. The van der Waals surface area contributed by atoms with Crippen LogP contribution in [0.15, 0.2) is 24.4 Å². The van der Waals surface area contributed by atoms with E-state index in [1.54, 1.807) is 6.07 Å². The van der Waals surface area contributed by atoms with Gasteiger partial charge in [-0.05, 0) is 35.9 Å². The van der Waals surface area contributed by atoms with Gasteiger partial charge in [-0.3, -0.25) is 4.79 Å². The van der Waals surface area contributed by atoms with Gasteiger partial charge in [0.25, 0.3) is 0 Å². The lowest BCUT2D eigenvalue weighted by Crippen LogP contribution is -2.33. The molecule has 2 rings (SSSR count). The first-order valence-corrected chi connectivity index (χ1v) is 5.39. The normalized spacial score (nSPS) is 19.3. The van der Waals surface area contributed by atoms with Gasteiger partial charge in [0.1, 0.15) is 6.04 Å². The van der Waals surface area contributed by atoms with Crippen LogP contribution in [0, 0.1) is 0 Å². The molecule has 1 heterocycles. The zero-order chi connectivity index (χ0) is 12.4. The van der Waals surface area contributed by atoms with Gasteiger partial charge in [-0.1, -0.05) is 18.2 Å². The van der Waals surface area contributed by atoms with Crippen LogP contribution in [0.2, 0.25) is 0 Å². The topological polar surface area (TPSA) is 87.4 Å². The molecule has 90 valence electrons. The second kappa shape index (κ2) is 4.57. The van der Waals surface area contributed by atoms with E-state index in [0.29, 0.717) is 5.56 Å². The molecule has 1 aliphatic heterocycles. The molecule has 0 saturated heterocycles. The maximum atomic E-state index is 11.3. The van der Waals surface area contributed by atoms with Crippen LogP contribution in [0.25, 0.3) is 6.08 Å². The van der Waals surface area contributed by atoms with Crippen LogP contribution >= 0.6 is 0 Å². The number of carbonyl (C=O) groups excluding carboxylic acids is 1. The van der Waals surface area contributed by atoms with Gasteiger partial charge in [-0.15, -0.1) is 0 Å². The number of nitrogens with two attached hydrogens (primary N) is 1. The summed E-state index contributed by atoms with van der Waals surface area (Å²) in [5, 5.41) is 12.2. The molecule has 0 aromatic heterocycles. The Morgan fingerprint density at radius 2 is 2.35 bits per heavy atom. The van der Waals surface area contributed by atoms with Gasteiger partial charge in [0, 0.05) is 6.04 Å². The van der Waals surface area contributed by atoms with Gasteiger partial charge in [0.05, 0.1) is 0 Å². The van der Waals surface area contributed by atoms with Crippen LogP contribution < -0.4 is 16.5 Å². The van der Waals surface area contributed by atoms with Gasteiger partial charge in [0.15, 0.2) is 0 Å². The van der Waals surface area contributed by atoms with Crippen molar-refractivity contribution < 1.29 is 10.0 Å². The maximum absolute atomic E-state index is 11.3. The SMILES string of the molecule is CC1NC=Cc2cccc(C(NO)C(N)=O)c21. The molecule has 1 aliphatic rings. The average Bonchev–Trinajstić information content (AvgIpc) is 2.30. The fourth-order valence-electron chi connectivity index (χ4n) is 2.15. The van der Waals surface area contributed by atoms with Crippen molar-refractivity contribution in [2.45, 2.75) is 19.0 Å². The van der Waals surface area contributed by atoms with Gasteiger partial charge >= 0.3 is 0 Å². The Bertz CT molecular complexity index is 471. The lowest BCUT2D eigenvalue weighted by molar-refractivity contribution is -0.122. The minimum Gasteiger partial charge on any atom is -0.384 e. The first kappa shape index (κ1) is 11.6. The lowest BCUT2D eigenvalue weighted by Gasteiger charge is -2.25. The molecule has 1 amide bonds. The highest BCUT2D eigenvalue weighted by atomic mass is 16.5. The highest BCUT2D eigenvalue weighted by molar-refractivity contribution is 5.82. The van der Waals surface area contributed by atoms with Crippen molar-refractivity contribution in [1.29, 1.82) is 0 Å². The fourth-order valence-corrected chi connectivity index (χ4v) is 2.15. The molecule has 0 fully saturated rings. The van der Waals surface area contributed by atoms with E-state index in [0.717, 1.165) is 11.1 Å². The molecule has 0 radical (unpaired) electrons. The summed E-state index contributed by atoms with van der Waals surface area (Å²) < 4.78 is 0. The Hall–Kier alpha value is -1.85. The van der Waals surface area contributed by atoms with Gasteiger partial charge < -0.3 is 16.3 Å². The van der Waals surface area contributed by atoms with E-state index in [9.17, 15) is 4.79 Å². The molecule has 17 heavy (non-hydrogen) atoms. The largest absolute Gasteiger partial charge is 0.384 e. The summed E-state index contributed by atoms with van der Waals surface area (Å²) in [6.45, 7) is 1.99. The van der Waals surface area contributed by atoms with Crippen LogP contribution in [-0.2, 0) is 4.79 Å². The van der Waals surface area contributed by atoms with E-state index in [2.05, 4.69) is 5.32 Å². The molecule has 0 aliphatic carbocycles. The van der Waals surface area contributed by atoms with Crippen LogP contribution in [0.3, 0.4) is 0 Å². The molecule has 0 saturated carbocycles. The predicted molar refractivity (Wildman–Crippen MR) is 63.9 cm³/mol. The highest BCUT2D eigenvalue weighted by Crippen LogP contribution is 2.30. The van der Waals surface area contributed by atoms with Crippen molar-refractivity contribution in [2.24, 2.45) is 5.73 Å². The van der Waals surface area contributed by atoms with E-state index < -0.39 is 11.9 Å². The van der Waals surface area contributed by atoms with E-state index in [-0.39, 0.29) is 6.04 Å². The van der Waals surface area contributed by atoms with Crippen LogP contribution in [0.1, 0.15) is 35.7 Å². The fraction of sp³-hybridized carbons (Fsp3) is 0.250. The zero-order valence-electron chi connectivity index (χ0n) is 9.47. The van der Waals surface area contributed by atoms with E-state index in [1.165, 1.54) is 0 Å². The van der Waals surface area contributed by atoms with Crippen LogP contribution in [0.4, 0.5) is 0 Å². The van der Waals surface area contributed by atoms with Crippen molar-refractivity contribution in [3.05, 3.63) is 41.1 Å². The van der Waals surface area contributed by atoms with Crippen LogP contribution in [0.5, 0.6) is 0 Å². The standard InChI is InChI=1S/C12H15N3O2/c1-7-10-8(5-6-14-7)3-2-4-9(10)11(15-17)12(13)16/h2-7,11,14-15,17H,1H3,(H2,13,16). The Balaban J connectivity index is 2.55. The highest BCUT2D eigenvalue weighted by Gasteiger charge is 2.24. The van der Waals surface area contributed by atoms with Crippen molar-refractivity contribution in [1.82, 2.24) is 10.8 Å². The molecule has 1 aromatic carbocycles. The molecule has 5 N–H and O–H groups in total. The molecule has 5 heteroatoms. The molecule has 2 atom stereocenters. The third-order valence-corrected chi connectivity index (χ3v) is 2.94. The van der Waals surface area contributed by atoms with Crippen LogP contribution in [-0.4, -0.2) is 11.1 Å². The molecule has 1 aromatic rings. The summed E-state index contributed by atoms with van der Waals surface area (Å²) in [7, 11) is 0. The summed E-state index contributed by atoms with van der Waals surface area (Å²) in [6.07, 6.45) is 3.79. The number of nitrogens with one attached hydrogen (secondary N) is 2. The quantitative estimate of drug-likeness (QED) is 0.582. The number of benzene rings is 1. The van der Waals surface area contributed by atoms with Crippen molar-refractivity contribution in [3.8, 4) is 0 Å². The minimum absolute atomic E-state index is 0.0707. The molecule has 2 unspecified atom stereocenters. The van der Waals surface area contributed by atoms with Gasteiger partial charge in [-0.2, -0.15) is 5.48 Å². The van der Waals surface area contributed by atoms with Crippen molar-refractivity contribution >= 4 is 12.0 Å². The Morgan fingerprint density at radius 3 is 3.00 bits per heavy atom. The molecule has 5 nitrogen and oxygen atoms in total. The summed E-state index contributed by atoms with van der Waals surface area (Å²) in [5.74, 6) is -0.609. The average molecular weight is 233 g/mol. The lowest BCUT2D eigenvalue weighted by atomic mass is 9.90. The summed E-state index contributed by atoms with van der Waals surface area (Å²) in [5.41, 5.74) is 9.91. The third-order valence-electron chi connectivity index (χ3n) is 2.94. The summed E-state index contributed by atoms with van der Waals surface area (Å²) in [4.78, 5) is 11.3. The molecule has 0 spiro atoms. The van der Waals surface area contributed by atoms with E-state index >= 15 is 0 Å². The van der Waals surface area contributed by atoms with Crippen molar-refractivity contribution in [3.63, 3.8) is 0 Å². The first-order valence-electron chi connectivity index (χ1n) is 5.39. The minimum atomic E-state index is -0.888. The van der Waals surface area contributed by atoms with Crippen molar-refractivity contribution in [2.75, 3.05) is 0 Å². The number of primary amides is 1. The number of carbonyl (C=O) groups is 1. The number of fused-ring (bicyclic) bond motifs is 1. The van der Waals surface area contributed by atoms with Gasteiger partial charge in [0.2, 0.25) is 5.91 Å². The zero-order valence-corrected chi connectivity index (χ0v) is 9.47. The summed E-state index contributed by atoms with van der Waals surface area (Å²) >= 11 is 0. The number of hydrogen-bond donors (Lipinski definition) is 4. The van der Waals surface area contributed by atoms with E-state index in [1.807, 2.05) is 36.8 Å². The smallest absolute Gasteiger partial charge is 0.241 e. The first-order chi connectivity index (χ1) is 8.15. The second-order valence-corrected chi connectivity index (χ2v) is 4.04. The molecular formula is C12H15N3O2.